The molecule has 0 saturated heterocycles. The van der Waals surface area contributed by atoms with Crippen LogP contribution < -0.4 is 16.4 Å². The molecular weight excluding hydrogens is 563 g/mol. The fraction of sp³-hybridized carbons (Fsp3) is 0.650. The van der Waals surface area contributed by atoms with Crippen LogP contribution in [0.3, 0.4) is 0 Å². The van der Waals surface area contributed by atoms with Crippen LogP contribution in [0.15, 0.2) is 11.1 Å². The molecule has 2 aromatic rings. The standard InChI is InChI=1S/C20H33N6O11PS/c1-19(2,9-27)17(32)39-6-5-36-38(34,23-7-12(28)29)37-8-11(35-4)14(30)20(3,33)26-10-22-13-15(26)24-18(21)25-16(13)31/h10-11,14,27,30,33H,5-9H2,1-4H3,(H,23,34)(H,28,29)(H3,21,24,25,31). The van der Waals surface area contributed by atoms with Gasteiger partial charge in [-0.2, -0.15) is 4.98 Å². The van der Waals surface area contributed by atoms with Gasteiger partial charge in [0.1, 0.15) is 18.8 Å². The number of carboxylic acids is 1. The highest BCUT2D eigenvalue weighted by Gasteiger charge is 2.41. The lowest BCUT2D eigenvalue weighted by atomic mass is 9.97. The summed E-state index contributed by atoms with van der Waals surface area (Å²) in [6.45, 7) is 2.12. The zero-order valence-corrected chi connectivity index (χ0v) is 23.4. The summed E-state index contributed by atoms with van der Waals surface area (Å²) in [7, 11) is -3.15. The molecule has 2 aromatic heterocycles. The molecule has 0 radical (unpaired) electrons. The molecule has 0 aliphatic heterocycles. The number of carbonyl (C=O) groups is 2. The second kappa shape index (κ2) is 13.3. The predicted molar refractivity (Wildman–Crippen MR) is 139 cm³/mol. The van der Waals surface area contributed by atoms with E-state index in [1.807, 2.05) is 0 Å². The molecule has 0 fully saturated rings. The van der Waals surface area contributed by atoms with E-state index >= 15 is 0 Å². The van der Waals surface area contributed by atoms with Crippen LogP contribution in [0.25, 0.3) is 11.2 Å². The summed E-state index contributed by atoms with van der Waals surface area (Å²) < 4.78 is 29.9. The number of ether oxygens (including phenoxy) is 1. The number of nitrogens with one attached hydrogen (secondary N) is 2. The highest BCUT2D eigenvalue weighted by atomic mass is 32.2. The van der Waals surface area contributed by atoms with Gasteiger partial charge in [0.05, 0.1) is 31.6 Å². The number of nitrogen functional groups attached to an aromatic ring is 1. The van der Waals surface area contributed by atoms with E-state index < -0.39 is 55.8 Å². The molecule has 0 amide bonds. The number of hydrogen-bond donors (Lipinski definition) is 7. The van der Waals surface area contributed by atoms with Gasteiger partial charge in [0, 0.05) is 12.9 Å². The van der Waals surface area contributed by atoms with Gasteiger partial charge in [0.2, 0.25) is 5.95 Å². The lowest BCUT2D eigenvalue weighted by Gasteiger charge is -2.35. The first-order valence-electron chi connectivity index (χ1n) is 11.4. The quantitative estimate of drug-likeness (QED) is 0.0889. The number of anilines is 1. The topological polar surface area (TPSA) is 261 Å². The zero-order valence-electron chi connectivity index (χ0n) is 21.7. The minimum Gasteiger partial charge on any atom is -0.480 e. The van der Waals surface area contributed by atoms with E-state index in [1.165, 1.54) is 14.0 Å². The van der Waals surface area contributed by atoms with Gasteiger partial charge in [-0.1, -0.05) is 11.8 Å². The maximum atomic E-state index is 13.2. The molecule has 0 bridgehead atoms. The number of rotatable bonds is 16. The Kier molecular flexibility index (Phi) is 11.2. The number of nitrogens with zero attached hydrogens (tertiary/aromatic N) is 3. The molecule has 4 unspecified atom stereocenters. The molecular formula is C20H33N6O11PS. The number of methoxy groups -OCH3 is 1. The third-order valence-corrected chi connectivity index (χ3v) is 8.23. The minimum atomic E-state index is -4.32. The number of aromatic nitrogens is 4. The predicted octanol–water partition coefficient (Wildman–Crippen LogP) is -1.16. The second-order valence-electron chi connectivity index (χ2n) is 9.08. The van der Waals surface area contributed by atoms with E-state index in [1.54, 1.807) is 13.8 Å². The van der Waals surface area contributed by atoms with Crippen LogP contribution in [0.5, 0.6) is 0 Å². The largest absolute Gasteiger partial charge is 0.480 e. The summed E-state index contributed by atoms with van der Waals surface area (Å²) in [6.07, 6.45) is -2.12. The number of aromatic amines is 1. The molecule has 0 saturated carbocycles. The summed E-state index contributed by atoms with van der Waals surface area (Å²) in [4.78, 5) is 45.3. The lowest BCUT2D eigenvalue weighted by molar-refractivity contribution is -0.173. The van der Waals surface area contributed by atoms with Gasteiger partial charge in [-0.15, -0.1) is 0 Å². The van der Waals surface area contributed by atoms with Crippen LogP contribution in [-0.4, -0.2) is 102 Å². The van der Waals surface area contributed by atoms with E-state index in [2.05, 4.69) is 20.0 Å². The van der Waals surface area contributed by atoms with Crippen molar-refractivity contribution in [3.63, 3.8) is 0 Å². The van der Waals surface area contributed by atoms with Gasteiger partial charge in [0.15, 0.2) is 22.0 Å². The van der Waals surface area contributed by atoms with Crippen molar-refractivity contribution >= 4 is 47.7 Å². The smallest absolute Gasteiger partial charge is 0.406 e. The molecule has 0 aromatic carbocycles. The number of nitrogens with two attached hydrogens (primary N) is 1. The van der Waals surface area contributed by atoms with Gasteiger partial charge in [-0.3, -0.25) is 33.0 Å². The van der Waals surface area contributed by atoms with E-state index in [-0.39, 0.29) is 41.2 Å². The van der Waals surface area contributed by atoms with Crippen molar-refractivity contribution in [1.82, 2.24) is 24.6 Å². The Balaban J connectivity index is 2.15. The summed E-state index contributed by atoms with van der Waals surface area (Å²) in [5.74, 6) is -1.61. The normalized spacial score (nSPS) is 16.9. The molecule has 2 heterocycles. The minimum absolute atomic E-state index is 0.0123. The summed E-state index contributed by atoms with van der Waals surface area (Å²) in [5.41, 5.74) is 1.41. The Labute approximate surface area is 226 Å². The van der Waals surface area contributed by atoms with E-state index in [9.17, 15) is 34.3 Å². The first kappa shape index (κ1) is 32.8. The van der Waals surface area contributed by atoms with E-state index in [0.717, 1.165) is 22.7 Å². The average molecular weight is 597 g/mol. The summed E-state index contributed by atoms with van der Waals surface area (Å²) in [6, 6.07) is 0. The molecule has 4 atom stereocenters. The number of imidazole rings is 1. The van der Waals surface area contributed by atoms with Crippen LogP contribution in [0.1, 0.15) is 20.8 Å². The Morgan fingerprint density at radius 2 is 2.00 bits per heavy atom. The second-order valence-corrected chi connectivity index (χ2v) is 12.0. The van der Waals surface area contributed by atoms with Crippen molar-refractivity contribution in [2.45, 2.75) is 38.7 Å². The Hall–Kier alpha value is -2.41. The highest BCUT2D eigenvalue weighted by molar-refractivity contribution is 8.13. The van der Waals surface area contributed by atoms with Crippen LogP contribution in [0, 0.1) is 5.41 Å². The zero-order chi connectivity index (χ0) is 29.6. The summed E-state index contributed by atoms with van der Waals surface area (Å²) in [5, 5.41) is 42.1. The third-order valence-electron chi connectivity index (χ3n) is 5.49. The average Bonchev–Trinajstić information content (AvgIpc) is 3.30. The van der Waals surface area contributed by atoms with Crippen LogP contribution >= 0.6 is 19.5 Å². The first-order valence-corrected chi connectivity index (χ1v) is 13.9. The first-order chi connectivity index (χ1) is 18.1. The molecule has 17 nitrogen and oxygen atoms in total. The molecule has 2 rings (SSSR count). The Bertz CT molecular complexity index is 1270. The van der Waals surface area contributed by atoms with Crippen LogP contribution in [-0.2, 0) is 33.7 Å². The molecule has 8 N–H and O–H groups in total. The number of carbonyl (C=O) groups excluding carboxylic acids is 1. The fourth-order valence-corrected chi connectivity index (χ4v) is 5.25. The number of aliphatic hydroxyl groups is 3. The van der Waals surface area contributed by atoms with Crippen molar-refractivity contribution in [3.8, 4) is 0 Å². The molecule has 39 heavy (non-hydrogen) atoms. The van der Waals surface area contributed by atoms with Crippen LogP contribution in [0.2, 0.25) is 0 Å². The van der Waals surface area contributed by atoms with Gasteiger partial charge in [-0.05, 0) is 20.8 Å². The SMILES string of the molecule is COC(COP(=O)(NCC(=O)O)OCCSC(=O)C(C)(C)CO)C(O)C(C)(O)n1cnc2c(=O)[nH]c(N)nc21. The molecule has 0 aliphatic rings. The molecule has 0 spiro atoms. The van der Waals surface area contributed by atoms with Crippen LogP contribution in [0.4, 0.5) is 5.95 Å². The monoisotopic (exact) mass is 596 g/mol. The van der Waals surface area contributed by atoms with E-state index in [4.69, 9.17) is 24.6 Å². The summed E-state index contributed by atoms with van der Waals surface area (Å²) >= 11 is 0.821. The van der Waals surface area contributed by atoms with Crippen molar-refractivity contribution in [1.29, 1.82) is 0 Å². The van der Waals surface area contributed by atoms with Crippen molar-refractivity contribution in [2.75, 3.05) is 45.0 Å². The number of aliphatic hydroxyl groups excluding tert-OH is 2. The van der Waals surface area contributed by atoms with Crippen molar-refractivity contribution in [3.05, 3.63) is 16.7 Å². The van der Waals surface area contributed by atoms with Gasteiger partial charge >= 0.3 is 13.7 Å². The number of aliphatic carboxylic acids is 1. The molecule has 220 valence electrons. The number of thioether (sulfide) groups is 1. The maximum Gasteiger partial charge on any atom is 0.406 e. The number of hydrogen-bond acceptors (Lipinski definition) is 14. The van der Waals surface area contributed by atoms with Crippen molar-refractivity contribution < 1.29 is 48.4 Å². The fourth-order valence-electron chi connectivity index (χ4n) is 3.06. The number of fused-ring (bicyclic) bond motifs is 1. The van der Waals surface area contributed by atoms with E-state index in [0.29, 0.717) is 0 Å². The Morgan fingerprint density at radius 1 is 1.33 bits per heavy atom. The number of carboxylic acid groups (broad SMARTS) is 1. The maximum absolute atomic E-state index is 13.2. The van der Waals surface area contributed by atoms with Gasteiger partial charge in [-0.25, -0.2) is 14.6 Å². The highest BCUT2D eigenvalue weighted by Crippen LogP contribution is 2.44. The third kappa shape index (κ3) is 8.29. The van der Waals surface area contributed by atoms with Crippen molar-refractivity contribution in [2.24, 2.45) is 5.41 Å². The molecule has 19 heteroatoms. The molecule has 0 aliphatic carbocycles. The van der Waals surface area contributed by atoms with Gasteiger partial charge in [0.25, 0.3) is 5.56 Å². The lowest BCUT2D eigenvalue weighted by Crippen LogP contribution is -2.51. The van der Waals surface area contributed by atoms with Gasteiger partial charge < -0.3 is 30.9 Å². The Morgan fingerprint density at radius 3 is 2.59 bits per heavy atom. The number of H-pyrrole nitrogens is 1.